The predicted molar refractivity (Wildman–Crippen MR) is 81.3 cm³/mol. The first-order valence-corrected chi connectivity index (χ1v) is 7.48. The quantitative estimate of drug-likeness (QED) is 0.920. The Balaban J connectivity index is 1.99. The van der Waals surface area contributed by atoms with Gasteiger partial charge in [-0.2, -0.15) is 5.26 Å². The van der Waals surface area contributed by atoms with Crippen molar-refractivity contribution in [2.24, 2.45) is 5.41 Å². The summed E-state index contributed by atoms with van der Waals surface area (Å²) >= 11 is 1.55. The zero-order valence-electron chi connectivity index (χ0n) is 12.1. The van der Waals surface area contributed by atoms with Gasteiger partial charge in [0.15, 0.2) is 0 Å². The van der Waals surface area contributed by atoms with Crippen LogP contribution in [0.3, 0.4) is 0 Å². The monoisotopic (exact) mass is 288 g/mol. The predicted octanol–water partition coefficient (Wildman–Crippen LogP) is 3.02. The van der Waals surface area contributed by atoms with Crippen LogP contribution in [-0.4, -0.2) is 15.6 Å². The summed E-state index contributed by atoms with van der Waals surface area (Å²) in [5.74, 6) is 0. The molecule has 1 N–H and O–H groups in total. The lowest BCUT2D eigenvalue weighted by Crippen LogP contribution is -2.42. The Morgan fingerprint density at radius 2 is 2.25 bits per heavy atom. The lowest BCUT2D eigenvalue weighted by molar-refractivity contribution is 0.240. The van der Waals surface area contributed by atoms with Gasteiger partial charge in [0.25, 0.3) is 0 Å². The van der Waals surface area contributed by atoms with Crippen molar-refractivity contribution in [3.05, 3.63) is 40.6 Å². The van der Waals surface area contributed by atoms with E-state index in [-0.39, 0.29) is 5.41 Å². The molecule has 20 heavy (non-hydrogen) atoms. The van der Waals surface area contributed by atoms with Gasteiger partial charge >= 0.3 is 0 Å². The maximum absolute atomic E-state index is 8.86. The highest BCUT2D eigenvalue weighted by molar-refractivity contribution is 7.12. The number of hydrogen-bond donors (Lipinski definition) is 1. The highest BCUT2D eigenvalue weighted by Gasteiger charge is 2.24. The van der Waals surface area contributed by atoms with Crippen molar-refractivity contribution >= 4 is 11.3 Å². The van der Waals surface area contributed by atoms with Crippen molar-refractivity contribution in [3.63, 3.8) is 0 Å². The third kappa shape index (κ3) is 3.92. The maximum Gasteiger partial charge on any atom is 0.110 e. The number of thiophene rings is 1. The molecule has 2 aromatic rings. The van der Waals surface area contributed by atoms with Crippen molar-refractivity contribution in [1.82, 2.24) is 14.9 Å². The van der Waals surface area contributed by atoms with Crippen molar-refractivity contribution in [2.75, 3.05) is 0 Å². The van der Waals surface area contributed by atoms with E-state index in [0.717, 1.165) is 18.0 Å². The second-order valence-corrected chi connectivity index (χ2v) is 7.11. The van der Waals surface area contributed by atoms with Crippen LogP contribution < -0.4 is 5.32 Å². The molecule has 2 rings (SSSR count). The molecule has 2 aromatic heterocycles. The third-order valence-corrected chi connectivity index (χ3v) is 4.28. The Labute approximate surface area is 124 Å². The molecule has 2 heterocycles. The van der Waals surface area contributed by atoms with Gasteiger partial charge in [0, 0.05) is 36.4 Å². The smallest absolute Gasteiger partial charge is 0.110 e. The Bertz CT molecular complexity index is 572. The molecule has 1 atom stereocenters. The molecule has 0 aliphatic carbocycles. The molecule has 0 aliphatic rings. The molecular formula is C15H20N4S. The molecule has 5 heteroatoms. The molecule has 0 fully saturated rings. The summed E-state index contributed by atoms with van der Waals surface area (Å²) < 4.78 is 2.10. The Hall–Kier alpha value is -1.64. The summed E-state index contributed by atoms with van der Waals surface area (Å²) in [4.78, 5) is 6.05. The van der Waals surface area contributed by atoms with Crippen molar-refractivity contribution in [1.29, 1.82) is 5.26 Å². The van der Waals surface area contributed by atoms with Crippen LogP contribution in [0.4, 0.5) is 0 Å². The van der Waals surface area contributed by atoms with E-state index in [2.05, 4.69) is 41.7 Å². The lowest BCUT2D eigenvalue weighted by atomic mass is 9.86. The zero-order valence-corrected chi connectivity index (χ0v) is 12.9. The summed E-state index contributed by atoms with van der Waals surface area (Å²) in [6.45, 7) is 8.38. The number of rotatable bonds is 5. The third-order valence-electron chi connectivity index (χ3n) is 3.29. The highest BCUT2D eigenvalue weighted by Crippen LogP contribution is 2.22. The first-order valence-electron chi connectivity index (χ1n) is 6.67. The Morgan fingerprint density at radius 3 is 2.80 bits per heavy atom. The van der Waals surface area contributed by atoms with Crippen LogP contribution in [0.15, 0.2) is 30.9 Å². The summed E-state index contributed by atoms with van der Waals surface area (Å²) in [5.41, 5.74) is 0.152. The minimum absolute atomic E-state index is 0.152. The fraction of sp³-hybridized carbons (Fsp3) is 0.467. The number of nitriles is 1. The number of imidazole rings is 1. The SMILES string of the molecule is CC(C)(C)C(Cn1ccnc1)NCc1ccc(C#N)s1. The first-order chi connectivity index (χ1) is 9.49. The molecule has 0 aliphatic heterocycles. The fourth-order valence-corrected chi connectivity index (χ4v) is 2.76. The Kier molecular flexibility index (Phi) is 4.58. The number of aromatic nitrogens is 2. The van der Waals surface area contributed by atoms with Gasteiger partial charge in [-0.15, -0.1) is 11.3 Å². The lowest BCUT2D eigenvalue weighted by Gasteiger charge is -2.32. The summed E-state index contributed by atoms with van der Waals surface area (Å²) in [6, 6.07) is 6.42. The van der Waals surface area contributed by atoms with Crippen LogP contribution in [0.1, 0.15) is 30.5 Å². The highest BCUT2D eigenvalue weighted by atomic mass is 32.1. The summed E-state index contributed by atoms with van der Waals surface area (Å²) in [5, 5.41) is 12.5. The molecule has 0 radical (unpaired) electrons. The minimum atomic E-state index is 0.152. The fourth-order valence-electron chi connectivity index (χ4n) is 2.01. The van der Waals surface area contributed by atoms with Gasteiger partial charge in [0.2, 0.25) is 0 Å². The van der Waals surface area contributed by atoms with Gasteiger partial charge in [-0.25, -0.2) is 4.98 Å². The average Bonchev–Trinajstić information content (AvgIpc) is 3.04. The maximum atomic E-state index is 8.86. The van der Waals surface area contributed by atoms with Crippen molar-refractivity contribution < 1.29 is 0 Å². The number of nitrogens with one attached hydrogen (secondary N) is 1. The molecule has 106 valence electrons. The van der Waals surface area contributed by atoms with Crippen LogP contribution in [-0.2, 0) is 13.1 Å². The van der Waals surface area contributed by atoms with Crippen LogP contribution in [0.2, 0.25) is 0 Å². The molecule has 0 aromatic carbocycles. The van der Waals surface area contributed by atoms with Gasteiger partial charge in [-0.1, -0.05) is 20.8 Å². The van der Waals surface area contributed by atoms with Crippen LogP contribution in [0.25, 0.3) is 0 Å². The molecular weight excluding hydrogens is 268 g/mol. The van der Waals surface area contributed by atoms with Gasteiger partial charge in [0.05, 0.1) is 6.33 Å². The largest absolute Gasteiger partial charge is 0.336 e. The van der Waals surface area contributed by atoms with Gasteiger partial charge in [0.1, 0.15) is 10.9 Å². The molecule has 0 bridgehead atoms. The average molecular weight is 288 g/mol. The topological polar surface area (TPSA) is 53.6 Å². The number of hydrogen-bond acceptors (Lipinski definition) is 4. The van der Waals surface area contributed by atoms with E-state index in [0.29, 0.717) is 6.04 Å². The van der Waals surface area contributed by atoms with E-state index >= 15 is 0 Å². The van der Waals surface area contributed by atoms with Gasteiger partial charge in [-0.05, 0) is 17.5 Å². The van der Waals surface area contributed by atoms with E-state index in [4.69, 9.17) is 5.26 Å². The van der Waals surface area contributed by atoms with E-state index in [1.54, 1.807) is 17.5 Å². The van der Waals surface area contributed by atoms with Crippen LogP contribution in [0.5, 0.6) is 0 Å². The molecule has 0 amide bonds. The normalized spacial score (nSPS) is 13.1. The van der Waals surface area contributed by atoms with Crippen molar-refractivity contribution in [2.45, 2.75) is 39.9 Å². The second kappa shape index (κ2) is 6.21. The second-order valence-electron chi connectivity index (χ2n) is 5.94. The number of nitrogens with zero attached hydrogens (tertiary/aromatic N) is 3. The van der Waals surface area contributed by atoms with E-state index in [1.807, 2.05) is 24.7 Å². The molecule has 1 unspecified atom stereocenters. The van der Waals surface area contributed by atoms with E-state index < -0.39 is 0 Å². The minimum Gasteiger partial charge on any atom is -0.336 e. The Morgan fingerprint density at radius 1 is 1.45 bits per heavy atom. The van der Waals surface area contributed by atoms with Crippen LogP contribution in [0, 0.1) is 16.7 Å². The van der Waals surface area contributed by atoms with Gasteiger partial charge in [-0.3, -0.25) is 0 Å². The molecule has 4 nitrogen and oxygen atoms in total. The first kappa shape index (κ1) is 14.8. The van der Waals surface area contributed by atoms with E-state index in [1.165, 1.54) is 4.88 Å². The van der Waals surface area contributed by atoms with Crippen molar-refractivity contribution in [3.8, 4) is 6.07 Å². The van der Waals surface area contributed by atoms with Crippen LogP contribution >= 0.6 is 11.3 Å². The molecule has 0 saturated carbocycles. The summed E-state index contributed by atoms with van der Waals surface area (Å²) in [7, 11) is 0. The van der Waals surface area contributed by atoms with E-state index in [9.17, 15) is 0 Å². The zero-order chi connectivity index (χ0) is 14.6. The summed E-state index contributed by atoms with van der Waals surface area (Å²) in [6.07, 6.45) is 5.64. The molecule has 0 spiro atoms. The van der Waals surface area contributed by atoms with Gasteiger partial charge < -0.3 is 9.88 Å². The standard InChI is InChI=1S/C15H20N4S/c1-15(2,3)14(10-19-7-6-17-11-19)18-9-13-5-4-12(8-16)20-13/h4-7,11,14,18H,9-10H2,1-3H3. The molecule has 0 saturated heterocycles.